The van der Waals surface area contributed by atoms with Crippen LogP contribution >= 0.6 is 38.9 Å². The van der Waals surface area contributed by atoms with E-state index in [1.54, 1.807) is 18.4 Å². The molecular formula is C14H9BrClNOS. The highest BCUT2D eigenvalue weighted by atomic mass is 79.9. The van der Waals surface area contributed by atoms with Crippen molar-refractivity contribution in [3.63, 3.8) is 0 Å². The monoisotopic (exact) mass is 353 g/mol. The molecule has 2 aromatic carbocycles. The zero-order chi connectivity index (χ0) is 13.4. The van der Waals surface area contributed by atoms with E-state index in [-0.39, 0.29) is 0 Å². The van der Waals surface area contributed by atoms with Crippen molar-refractivity contribution in [2.45, 2.75) is 0 Å². The maximum Gasteiger partial charge on any atom is 0.133 e. The molecule has 1 heterocycles. The summed E-state index contributed by atoms with van der Waals surface area (Å²) in [6.07, 6.45) is 0. The standard InChI is InChI=1S/C14H9BrClNOS/c1-18-11-6-5-8(7-9(11)15)14-17-13-10(16)3-2-4-12(13)19-14/h2-7H,1H3. The molecule has 0 amide bonds. The summed E-state index contributed by atoms with van der Waals surface area (Å²) in [6.45, 7) is 0. The summed E-state index contributed by atoms with van der Waals surface area (Å²) in [6, 6.07) is 11.8. The Kier molecular flexibility index (Phi) is 3.48. The predicted octanol–water partition coefficient (Wildman–Crippen LogP) is 5.39. The topological polar surface area (TPSA) is 22.1 Å². The Bertz CT molecular complexity index is 756. The maximum atomic E-state index is 6.15. The summed E-state index contributed by atoms with van der Waals surface area (Å²) in [5.41, 5.74) is 1.90. The predicted molar refractivity (Wildman–Crippen MR) is 84.3 cm³/mol. The summed E-state index contributed by atoms with van der Waals surface area (Å²) in [5.74, 6) is 0.808. The van der Waals surface area contributed by atoms with Gasteiger partial charge in [0.15, 0.2) is 0 Å². The first-order valence-corrected chi connectivity index (χ1v) is 7.57. The number of halogens is 2. The molecule has 0 N–H and O–H groups in total. The van der Waals surface area contributed by atoms with Gasteiger partial charge in [-0.2, -0.15) is 0 Å². The number of benzene rings is 2. The fourth-order valence-electron chi connectivity index (χ4n) is 1.84. The van der Waals surface area contributed by atoms with E-state index in [1.165, 1.54) is 0 Å². The van der Waals surface area contributed by atoms with E-state index in [1.807, 2.05) is 36.4 Å². The van der Waals surface area contributed by atoms with Crippen molar-refractivity contribution >= 4 is 49.1 Å². The number of methoxy groups -OCH3 is 1. The van der Waals surface area contributed by atoms with Gasteiger partial charge in [0, 0.05) is 5.56 Å². The van der Waals surface area contributed by atoms with E-state index < -0.39 is 0 Å². The number of hydrogen-bond acceptors (Lipinski definition) is 3. The Balaban J connectivity index is 2.14. The van der Waals surface area contributed by atoms with Crippen molar-refractivity contribution in [3.05, 3.63) is 45.9 Å². The average molecular weight is 355 g/mol. The lowest BCUT2D eigenvalue weighted by molar-refractivity contribution is 0.412. The third-order valence-electron chi connectivity index (χ3n) is 2.77. The number of hydrogen-bond donors (Lipinski definition) is 0. The third kappa shape index (κ3) is 2.36. The van der Waals surface area contributed by atoms with Crippen molar-refractivity contribution < 1.29 is 4.74 Å². The van der Waals surface area contributed by atoms with Crippen molar-refractivity contribution in [2.75, 3.05) is 7.11 Å². The summed E-state index contributed by atoms with van der Waals surface area (Å²) < 4.78 is 7.24. The molecule has 2 nitrogen and oxygen atoms in total. The second-order valence-electron chi connectivity index (χ2n) is 3.95. The lowest BCUT2D eigenvalue weighted by atomic mass is 10.2. The second kappa shape index (κ2) is 5.12. The molecule has 0 bridgehead atoms. The molecule has 1 aromatic heterocycles. The van der Waals surface area contributed by atoms with Crippen molar-refractivity contribution in [1.82, 2.24) is 4.98 Å². The van der Waals surface area contributed by atoms with Crippen LogP contribution in [0.2, 0.25) is 5.02 Å². The van der Waals surface area contributed by atoms with Crippen LogP contribution in [0.25, 0.3) is 20.8 Å². The lowest BCUT2D eigenvalue weighted by Crippen LogP contribution is -1.84. The van der Waals surface area contributed by atoms with Crippen LogP contribution in [0.15, 0.2) is 40.9 Å². The van der Waals surface area contributed by atoms with Gasteiger partial charge in [0.25, 0.3) is 0 Å². The van der Waals surface area contributed by atoms with Crippen LogP contribution in [0.4, 0.5) is 0 Å². The molecule has 0 atom stereocenters. The highest BCUT2D eigenvalue weighted by Gasteiger charge is 2.10. The number of fused-ring (bicyclic) bond motifs is 1. The summed E-state index contributed by atoms with van der Waals surface area (Å²) in [4.78, 5) is 4.60. The molecule has 0 saturated heterocycles. The van der Waals surface area contributed by atoms with Gasteiger partial charge in [0.2, 0.25) is 0 Å². The number of thiazole rings is 1. The van der Waals surface area contributed by atoms with Gasteiger partial charge in [-0.05, 0) is 46.3 Å². The quantitative estimate of drug-likeness (QED) is 0.615. The Morgan fingerprint density at radius 2 is 2.11 bits per heavy atom. The Morgan fingerprint density at radius 3 is 2.79 bits per heavy atom. The molecule has 0 fully saturated rings. The summed E-state index contributed by atoms with van der Waals surface area (Å²) >= 11 is 11.3. The van der Waals surface area contributed by atoms with Gasteiger partial charge in [-0.25, -0.2) is 4.98 Å². The first-order chi connectivity index (χ1) is 9.19. The van der Waals surface area contributed by atoms with Gasteiger partial charge in [-0.15, -0.1) is 11.3 Å². The van der Waals surface area contributed by atoms with Crippen LogP contribution in [0.1, 0.15) is 0 Å². The van der Waals surface area contributed by atoms with Crippen molar-refractivity contribution in [1.29, 1.82) is 0 Å². The van der Waals surface area contributed by atoms with Crippen LogP contribution in [0, 0.1) is 0 Å². The zero-order valence-corrected chi connectivity index (χ0v) is 13.1. The Hall–Kier alpha value is -1.10. The largest absolute Gasteiger partial charge is 0.496 e. The maximum absolute atomic E-state index is 6.15. The average Bonchev–Trinajstić information content (AvgIpc) is 2.84. The fourth-order valence-corrected chi connectivity index (χ4v) is 3.64. The van der Waals surface area contributed by atoms with Gasteiger partial charge in [-0.3, -0.25) is 0 Å². The van der Waals surface area contributed by atoms with Gasteiger partial charge >= 0.3 is 0 Å². The van der Waals surface area contributed by atoms with Gasteiger partial charge in [0.05, 0.1) is 21.3 Å². The highest BCUT2D eigenvalue weighted by molar-refractivity contribution is 9.10. The molecular weight excluding hydrogens is 346 g/mol. The smallest absolute Gasteiger partial charge is 0.133 e. The molecule has 0 unspecified atom stereocenters. The fraction of sp³-hybridized carbons (Fsp3) is 0.0714. The Labute approximate surface area is 128 Å². The zero-order valence-electron chi connectivity index (χ0n) is 9.98. The second-order valence-corrected chi connectivity index (χ2v) is 6.25. The number of para-hydroxylation sites is 1. The summed E-state index contributed by atoms with van der Waals surface area (Å²) in [5, 5.41) is 1.64. The van der Waals surface area contributed by atoms with Gasteiger partial charge < -0.3 is 4.74 Å². The van der Waals surface area contributed by atoms with Crippen LogP contribution in [-0.4, -0.2) is 12.1 Å². The molecule has 3 rings (SSSR count). The van der Waals surface area contributed by atoms with Gasteiger partial charge in [0.1, 0.15) is 16.3 Å². The van der Waals surface area contributed by atoms with Crippen LogP contribution < -0.4 is 4.74 Å². The first-order valence-electron chi connectivity index (χ1n) is 5.58. The van der Waals surface area contributed by atoms with E-state index in [9.17, 15) is 0 Å². The van der Waals surface area contributed by atoms with Crippen LogP contribution in [0.5, 0.6) is 5.75 Å². The van der Waals surface area contributed by atoms with Gasteiger partial charge in [-0.1, -0.05) is 17.7 Å². The molecule has 5 heteroatoms. The van der Waals surface area contributed by atoms with E-state index in [0.717, 1.165) is 31.0 Å². The molecule has 0 spiro atoms. The Morgan fingerprint density at radius 1 is 1.26 bits per heavy atom. The third-order valence-corrected chi connectivity index (χ3v) is 4.76. The number of aromatic nitrogens is 1. The summed E-state index contributed by atoms with van der Waals surface area (Å²) in [7, 11) is 1.65. The molecule has 19 heavy (non-hydrogen) atoms. The normalized spacial score (nSPS) is 10.9. The molecule has 3 aromatic rings. The number of ether oxygens (including phenoxy) is 1. The van der Waals surface area contributed by atoms with E-state index in [4.69, 9.17) is 16.3 Å². The number of rotatable bonds is 2. The van der Waals surface area contributed by atoms with Crippen LogP contribution in [-0.2, 0) is 0 Å². The molecule has 0 saturated carbocycles. The van der Waals surface area contributed by atoms with E-state index in [0.29, 0.717) is 5.02 Å². The minimum atomic E-state index is 0.688. The minimum absolute atomic E-state index is 0.688. The molecule has 0 aliphatic heterocycles. The SMILES string of the molecule is COc1ccc(-c2nc3c(Cl)cccc3s2)cc1Br. The highest BCUT2D eigenvalue weighted by Crippen LogP contribution is 2.36. The molecule has 0 radical (unpaired) electrons. The van der Waals surface area contributed by atoms with Crippen molar-refractivity contribution in [3.8, 4) is 16.3 Å². The van der Waals surface area contributed by atoms with E-state index >= 15 is 0 Å². The van der Waals surface area contributed by atoms with Crippen molar-refractivity contribution in [2.24, 2.45) is 0 Å². The molecule has 96 valence electrons. The van der Waals surface area contributed by atoms with Crippen LogP contribution in [0.3, 0.4) is 0 Å². The minimum Gasteiger partial charge on any atom is -0.496 e. The van der Waals surface area contributed by atoms with E-state index in [2.05, 4.69) is 20.9 Å². The lowest BCUT2D eigenvalue weighted by Gasteiger charge is -2.03. The number of nitrogens with zero attached hydrogens (tertiary/aromatic N) is 1. The molecule has 0 aliphatic rings. The first kappa shape index (κ1) is 12.9. The molecule has 0 aliphatic carbocycles.